The van der Waals surface area contributed by atoms with Crippen molar-refractivity contribution >= 4 is 29.9 Å². The number of halogens is 1. The third-order valence-corrected chi connectivity index (χ3v) is 3.34. The van der Waals surface area contributed by atoms with E-state index in [1.54, 1.807) is 0 Å². The number of hydrogen-bond acceptors (Lipinski definition) is 2. The van der Waals surface area contributed by atoms with Gasteiger partial charge in [0.2, 0.25) is 0 Å². The van der Waals surface area contributed by atoms with E-state index in [4.69, 9.17) is 4.74 Å². The summed E-state index contributed by atoms with van der Waals surface area (Å²) in [7, 11) is 0. The van der Waals surface area contributed by atoms with Crippen LogP contribution in [0.2, 0.25) is 0 Å². The van der Waals surface area contributed by atoms with Crippen LogP contribution in [0.15, 0.2) is 35.3 Å². The number of aliphatic imine (C=N–C) groups is 1. The summed E-state index contributed by atoms with van der Waals surface area (Å²) in [6.07, 6.45) is 3.16. The van der Waals surface area contributed by atoms with Crippen LogP contribution in [0.3, 0.4) is 0 Å². The summed E-state index contributed by atoms with van der Waals surface area (Å²) in [5, 5.41) is 6.65. The van der Waals surface area contributed by atoms with Crippen molar-refractivity contribution in [3.63, 3.8) is 0 Å². The highest BCUT2D eigenvalue weighted by Gasteiger charge is 1.98. The molecule has 0 atom stereocenters. The van der Waals surface area contributed by atoms with Gasteiger partial charge in [0, 0.05) is 26.2 Å². The Bertz CT molecular complexity index is 424. The van der Waals surface area contributed by atoms with Gasteiger partial charge in [-0.15, -0.1) is 24.0 Å². The minimum Gasteiger partial charge on any atom is -0.381 e. The second-order valence-corrected chi connectivity index (χ2v) is 6.10. The van der Waals surface area contributed by atoms with Crippen molar-refractivity contribution < 1.29 is 4.74 Å². The van der Waals surface area contributed by atoms with Gasteiger partial charge in [-0.2, -0.15) is 0 Å². The van der Waals surface area contributed by atoms with E-state index >= 15 is 0 Å². The van der Waals surface area contributed by atoms with Gasteiger partial charge in [0.25, 0.3) is 0 Å². The van der Waals surface area contributed by atoms with Crippen molar-refractivity contribution in [3.05, 3.63) is 35.9 Å². The maximum absolute atomic E-state index is 5.70. The fourth-order valence-corrected chi connectivity index (χ4v) is 2.09. The summed E-state index contributed by atoms with van der Waals surface area (Å²) in [6.45, 7) is 10.8. The van der Waals surface area contributed by atoms with E-state index < -0.39 is 0 Å². The van der Waals surface area contributed by atoms with E-state index in [1.807, 2.05) is 6.07 Å². The van der Waals surface area contributed by atoms with Crippen LogP contribution >= 0.6 is 24.0 Å². The van der Waals surface area contributed by atoms with Crippen molar-refractivity contribution in [1.29, 1.82) is 0 Å². The molecule has 0 saturated heterocycles. The Kier molecular flexibility index (Phi) is 15.2. The minimum atomic E-state index is 0. The number of hydrogen-bond donors (Lipinski definition) is 2. The molecule has 1 rings (SSSR count). The van der Waals surface area contributed by atoms with Crippen LogP contribution in [-0.2, 0) is 11.2 Å². The fraction of sp³-hybridized carbons (Fsp3) is 0.632. The molecule has 0 amide bonds. The van der Waals surface area contributed by atoms with Crippen molar-refractivity contribution in [2.75, 3.05) is 32.8 Å². The number of nitrogens with one attached hydrogen (secondary N) is 2. The number of guanidine groups is 1. The van der Waals surface area contributed by atoms with Gasteiger partial charge in [-0.25, -0.2) is 0 Å². The zero-order valence-corrected chi connectivity index (χ0v) is 17.7. The third kappa shape index (κ3) is 12.6. The van der Waals surface area contributed by atoms with Crippen LogP contribution in [0.4, 0.5) is 0 Å². The molecule has 0 fully saturated rings. The van der Waals surface area contributed by atoms with Gasteiger partial charge in [-0.1, -0.05) is 44.2 Å². The minimum absolute atomic E-state index is 0. The lowest BCUT2D eigenvalue weighted by Gasteiger charge is -2.12. The molecule has 4 nitrogen and oxygen atoms in total. The average Bonchev–Trinajstić information content (AvgIpc) is 2.55. The Morgan fingerprint density at radius 1 is 1.08 bits per heavy atom. The van der Waals surface area contributed by atoms with E-state index in [2.05, 4.69) is 60.7 Å². The van der Waals surface area contributed by atoms with E-state index in [0.717, 1.165) is 58.1 Å². The molecule has 24 heavy (non-hydrogen) atoms. The topological polar surface area (TPSA) is 45.7 Å². The van der Waals surface area contributed by atoms with E-state index in [0.29, 0.717) is 5.92 Å². The van der Waals surface area contributed by atoms with Crippen molar-refractivity contribution in [2.45, 2.75) is 40.0 Å². The first-order valence-corrected chi connectivity index (χ1v) is 8.86. The molecule has 1 aromatic carbocycles. The maximum Gasteiger partial charge on any atom is 0.191 e. The largest absolute Gasteiger partial charge is 0.381 e. The zero-order valence-electron chi connectivity index (χ0n) is 15.4. The van der Waals surface area contributed by atoms with Gasteiger partial charge in [0.15, 0.2) is 5.96 Å². The van der Waals surface area contributed by atoms with Gasteiger partial charge < -0.3 is 15.4 Å². The van der Waals surface area contributed by atoms with Crippen LogP contribution in [0, 0.1) is 5.92 Å². The lowest BCUT2D eigenvalue weighted by Crippen LogP contribution is -2.38. The Morgan fingerprint density at radius 3 is 2.50 bits per heavy atom. The second-order valence-electron chi connectivity index (χ2n) is 6.10. The maximum atomic E-state index is 5.70. The zero-order chi connectivity index (χ0) is 16.8. The molecular formula is C19H34IN3O. The predicted molar refractivity (Wildman–Crippen MR) is 114 cm³/mol. The van der Waals surface area contributed by atoms with Gasteiger partial charge >= 0.3 is 0 Å². The van der Waals surface area contributed by atoms with Gasteiger partial charge in [-0.05, 0) is 37.7 Å². The SMILES string of the molecule is CCNC(=NCC(C)C)NCCCCOCCc1ccccc1.I. The highest BCUT2D eigenvalue weighted by Crippen LogP contribution is 2.00. The highest BCUT2D eigenvalue weighted by atomic mass is 127. The highest BCUT2D eigenvalue weighted by molar-refractivity contribution is 14.0. The second kappa shape index (κ2) is 15.7. The number of nitrogens with zero attached hydrogens (tertiary/aromatic N) is 1. The summed E-state index contributed by atoms with van der Waals surface area (Å²) >= 11 is 0. The molecule has 0 aliphatic carbocycles. The smallest absolute Gasteiger partial charge is 0.191 e. The summed E-state index contributed by atoms with van der Waals surface area (Å²) in [5.41, 5.74) is 1.34. The molecule has 2 N–H and O–H groups in total. The molecule has 0 radical (unpaired) electrons. The molecular weight excluding hydrogens is 413 g/mol. The predicted octanol–water partition coefficient (Wildman–Crippen LogP) is 3.86. The van der Waals surface area contributed by atoms with E-state index in [9.17, 15) is 0 Å². The molecule has 0 heterocycles. The number of ether oxygens (including phenoxy) is 1. The van der Waals surface area contributed by atoms with Crippen molar-refractivity contribution in [1.82, 2.24) is 10.6 Å². The molecule has 0 aliphatic heterocycles. The molecule has 5 heteroatoms. The molecule has 138 valence electrons. The third-order valence-electron chi connectivity index (χ3n) is 3.34. The van der Waals surface area contributed by atoms with Crippen LogP contribution in [-0.4, -0.2) is 38.8 Å². The standard InChI is InChI=1S/C19H33N3O.HI/c1-4-20-19(22-16-17(2)3)21-13-8-9-14-23-15-12-18-10-6-5-7-11-18;/h5-7,10-11,17H,4,8-9,12-16H2,1-3H3,(H2,20,21,22);1H. The Hall–Kier alpha value is -0.820. The van der Waals surface area contributed by atoms with Crippen LogP contribution in [0.25, 0.3) is 0 Å². The lowest BCUT2D eigenvalue weighted by atomic mass is 10.2. The molecule has 0 aliphatic rings. The number of unbranched alkanes of at least 4 members (excludes halogenated alkanes) is 1. The number of benzene rings is 1. The molecule has 0 bridgehead atoms. The van der Waals surface area contributed by atoms with Gasteiger partial charge in [-0.3, -0.25) is 4.99 Å². The molecule has 0 spiro atoms. The van der Waals surface area contributed by atoms with Crippen molar-refractivity contribution in [2.24, 2.45) is 10.9 Å². The van der Waals surface area contributed by atoms with E-state index in [-0.39, 0.29) is 24.0 Å². The first-order valence-electron chi connectivity index (χ1n) is 8.86. The Labute approximate surface area is 164 Å². The summed E-state index contributed by atoms with van der Waals surface area (Å²) in [4.78, 5) is 4.56. The average molecular weight is 447 g/mol. The van der Waals surface area contributed by atoms with Gasteiger partial charge in [0.1, 0.15) is 0 Å². The van der Waals surface area contributed by atoms with Gasteiger partial charge in [0.05, 0.1) is 6.61 Å². The fourth-order valence-electron chi connectivity index (χ4n) is 2.09. The summed E-state index contributed by atoms with van der Waals surface area (Å²) < 4.78 is 5.70. The Morgan fingerprint density at radius 2 is 1.83 bits per heavy atom. The Balaban J connectivity index is 0.00000529. The molecule has 0 aromatic heterocycles. The van der Waals surface area contributed by atoms with Crippen LogP contribution in [0.1, 0.15) is 39.2 Å². The normalized spacial score (nSPS) is 11.2. The first-order chi connectivity index (χ1) is 11.2. The molecule has 1 aromatic rings. The van der Waals surface area contributed by atoms with E-state index in [1.165, 1.54) is 5.56 Å². The lowest BCUT2D eigenvalue weighted by molar-refractivity contribution is 0.133. The first kappa shape index (κ1) is 23.2. The molecule has 0 saturated carbocycles. The molecule has 0 unspecified atom stereocenters. The number of rotatable bonds is 11. The van der Waals surface area contributed by atoms with Crippen molar-refractivity contribution in [3.8, 4) is 0 Å². The van der Waals surface area contributed by atoms with Crippen LogP contribution < -0.4 is 10.6 Å². The quantitative estimate of drug-likeness (QED) is 0.235. The monoisotopic (exact) mass is 447 g/mol. The van der Waals surface area contributed by atoms with Crippen LogP contribution in [0.5, 0.6) is 0 Å². The summed E-state index contributed by atoms with van der Waals surface area (Å²) in [5.74, 6) is 1.51. The summed E-state index contributed by atoms with van der Waals surface area (Å²) in [6, 6.07) is 10.5.